The number of aliphatic hydroxyl groups excluding tert-OH is 1. The highest BCUT2D eigenvalue weighted by Gasteiger charge is 2.18. The van der Waals surface area contributed by atoms with Gasteiger partial charge in [-0.05, 0) is 43.0 Å². The lowest BCUT2D eigenvalue weighted by atomic mass is 9.95. The van der Waals surface area contributed by atoms with E-state index in [1.165, 1.54) is 25.3 Å². The number of likely N-dealkylation sites (tertiary alicyclic amines) is 1. The average Bonchev–Trinajstić information content (AvgIpc) is 2.51. The summed E-state index contributed by atoms with van der Waals surface area (Å²) >= 11 is 0. The molecule has 0 radical (unpaired) electrons. The Morgan fingerprint density at radius 2 is 2.29 bits per heavy atom. The molecule has 1 aliphatic rings. The van der Waals surface area contributed by atoms with E-state index in [1.54, 1.807) is 0 Å². The number of hydrogen-bond acceptors (Lipinski definition) is 2. The molecule has 1 fully saturated rings. The molecule has 1 unspecified atom stereocenters. The molecular weight excluding hydrogens is 265 g/mol. The zero-order valence-corrected chi connectivity index (χ0v) is 12.7. The van der Waals surface area contributed by atoms with Crippen molar-refractivity contribution >= 4 is 0 Å². The van der Waals surface area contributed by atoms with E-state index in [9.17, 15) is 4.39 Å². The highest BCUT2D eigenvalue weighted by molar-refractivity contribution is 5.38. The van der Waals surface area contributed by atoms with Gasteiger partial charge in [0.15, 0.2) is 0 Å². The van der Waals surface area contributed by atoms with Crippen LogP contribution in [0.25, 0.3) is 0 Å². The monoisotopic (exact) mass is 289 g/mol. The molecule has 1 N–H and O–H groups in total. The van der Waals surface area contributed by atoms with Crippen molar-refractivity contribution in [2.75, 3.05) is 19.7 Å². The summed E-state index contributed by atoms with van der Waals surface area (Å²) in [4.78, 5) is 2.45. The molecule has 21 heavy (non-hydrogen) atoms. The van der Waals surface area contributed by atoms with E-state index in [4.69, 9.17) is 5.11 Å². The Balaban J connectivity index is 2.03. The van der Waals surface area contributed by atoms with Crippen LogP contribution < -0.4 is 0 Å². The smallest absolute Gasteiger partial charge is 0.138 e. The Morgan fingerprint density at radius 1 is 1.43 bits per heavy atom. The highest BCUT2D eigenvalue weighted by Crippen LogP contribution is 2.21. The summed E-state index contributed by atoms with van der Waals surface area (Å²) in [6, 6.07) is 5.19. The van der Waals surface area contributed by atoms with Gasteiger partial charge in [-0.1, -0.05) is 31.3 Å². The molecule has 1 aromatic rings. The van der Waals surface area contributed by atoms with E-state index in [-0.39, 0.29) is 12.4 Å². The summed E-state index contributed by atoms with van der Waals surface area (Å²) in [5.74, 6) is 6.10. The SMILES string of the molecule is CCC1CCCN(Cc2ccc(F)c(C#CCCO)c2)C1. The molecule has 1 heterocycles. The number of hydrogen-bond donors (Lipinski definition) is 1. The van der Waals surface area contributed by atoms with Crippen molar-refractivity contribution in [2.24, 2.45) is 5.92 Å². The maximum absolute atomic E-state index is 13.7. The Morgan fingerprint density at radius 3 is 3.05 bits per heavy atom. The lowest BCUT2D eigenvalue weighted by molar-refractivity contribution is 0.164. The van der Waals surface area contributed by atoms with Crippen molar-refractivity contribution in [1.82, 2.24) is 4.90 Å². The van der Waals surface area contributed by atoms with Gasteiger partial charge in [-0.25, -0.2) is 4.39 Å². The van der Waals surface area contributed by atoms with Crippen LogP contribution in [0, 0.1) is 23.6 Å². The van der Waals surface area contributed by atoms with E-state index in [2.05, 4.69) is 23.7 Å². The molecular formula is C18H24FNO. The van der Waals surface area contributed by atoms with Crippen LogP contribution in [0.2, 0.25) is 0 Å². The molecule has 3 heteroatoms. The maximum atomic E-state index is 13.7. The lowest BCUT2D eigenvalue weighted by Crippen LogP contribution is -2.34. The average molecular weight is 289 g/mol. The number of piperidine rings is 1. The van der Waals surface area contributed by atoms with E-state index in [1.807, 2.05) is 12.1 Å². The van der Waals surface area contributed by atoms with Gasteiger partial charge in [-0.2, -0.15) is 0 Å². The molecule has 0 aromatic heterocycles. The van der Waals surface area contributed by atoms with E-state index >= 15 is 0 Å². The van der Waals surface area contributed by atoms with Gasteiger partial charge in [0.05, 0.1) is 12.2 Å². The third-order valence-corrected chi connectivity index (χ3v) is 4.08. The van der Waals surface area contributed by atoms with Crippen molar-refractivity contribution in [3.8, 4) is 11.8 Å². The van der Waals surface area contributed by atoms with E-state index < -0.39 is 0 Å². The molecule has 0 bridgehead atoms. The molecule has 1 aliphatic heterocycles. The fourth-order valence-corrected chi connectivity index (χ4v) is 2.87. The summed E-state index contributed by atoms with van der Waals surface area (Å²) in [6.07, 6.45) is 4.20. The molecule has 2 nitrogen and oxygen atoms in total. The Labute approximate surface area is 127 Å². The number of nitrogens with zero attached hydrogens (tertiary/aromatic N) is 1. The minimum absolute atomic E-state index is 0.0144. The van der Waals surface area contributed by atoms with Gasteiger partial charge in [0, 0.05) is 19.5 Å². The number of benzene rings is 1. The van der Waals surface area contributed by atoms with Crippen LogP contribution in [0.4, 0.5) is 4.39 Å². The predicted molar refractivity (Wildman–Crippen MR) is 83.3 cm³/mol. The Hall–Kier alpha value is -1.37. The first-order valence-corrected chi connectivity index (χ1v) is 7.83. The minimum atomic E-state index is -0.283. The normalized spacial score (nSPS) is 19.1. The first-order valence-electron chi connectivity index (χ1n) is 7.83. The van der Waals surface area contributed by atoms with Crippen molar-refractivity contribution in [1.29, 1.82) is 0 Å². The molecule has 0 amide bonds. The topological polar surface area (TPSA) is 23.5 Å². The number of rotatable bonds is 4. The first kappa shape index (κ1) is 16.0. The van der Waals surface area contributed by atoms with Gasteiger partial charge in [0.25, 0.3) is 0 Å². The fraction of sp³-hybridized carbons (Fsp3) is 0.556. The molecule has 1 atom stereocenters. The van der Waals surface area contributed by atoms with Gasteiger partial charge in [-0.3, -0.25) is 4.90 Å². The van der Waals surface area contributed by atoms with Crippen LogP contribution in [0.15, 0.2) is 18.2 Å². The largest absolute Gasteiger partial charge is 0.395 e. The predicted octanol–water partition coefficient (Wildman–Crippen LogP) is 3.18. The van der Waals surface area contributed by atoms with Crippen molar-refractivity contribution < 1.29 is 9.50 Å². The standard InChI is InChI=1S/C18H24FNO/c1-2-15-6-5-10-20(13-15)14-16-8-9-18(19)17(12-16)7-3-4-11-21/h8-9,12,15,21H,2,4-6,10-11,13-14H2,1H3. The minimum Gasteiger partial charge on any atom is -0.395 e. The second-order valence-electron chi connectivity index (χ2n) is 5.74. The lowest BCUT2D eigenvalue weighted by Gasteiger charge is -2.32. The molecule has 0 spiro atoms. The third kappa shape index (κ3) is 4.84. The molecule has 0 saturated carbocycles. The summed E-state index contributed by atoms with van der Waals surface area (Å²) in [7, 11) is 0. The van der Waals surface area contributed by atoms with Crippen molar-refractivity contribution in [3.63, 3.8) is 0 Å². The van der Waals surface area contributed by atoms with Crippen LogP contribution in [0.3, 0.4) is 0 Å². The van der Waals surface area contributed by atoms with E-state index in [0.29, 0.717) is 12.0 Å². The van der Waals surface area contributed by atoms with Crippen LogP contribution in [-0.2, 0) is 6.54 Å². The van der Waals surface area contributed by atoms with Gasteiger partial charge in [0.1, 0.15) is 5.82 Å². The first-order chi connectivity index (χ1) is 10.2. The second-order valence-corrected chi connectivity index (χ2v) is 5.74. The Kier molecular flexibility index (Phi) is 6.22. The zero-order chi connectivity index (χ0) is 15.1. The maximum Gasteiger partial charge on any atom is 0.138 e. The second kappa shape index (κ2) is 8.17. The Bertz CT molecular complexity index is 518. The van der Waals surface area contributed by atoms with Crippen LogP contribution >= 0.6 is 0 Å². The molecule has 2 rings (SSSR count). The summed E-state index contributed by atoms with van der Waals surface area (Å²) in [5, 5.41) is 8.73. The summed E-state index contributed by atoms with van der Waals surface area (Å²) < 4.78 is 13.7. The molecule has 1 saturated heterocycles. The van der Waals surface area contributed by atoms with Gasteiger partial charge >= 0.3 is 0 Å². The summed E-state index contributed by atoms with van der Waals surface area (Å²) in [5.41, 5.74) is 1.55. The summed E-state index contributed by atoms with van der Waals surface area (Å²) in [6.45, 7) is 5.39. The quantitative estimate of drug-likeness (QED) is 0.861. The van der Waals surface area contributed by atoms with Gasteiger partial charge in [-0.15, -0.1) is 0 Å². The van der Waals surface area contributed by atoms with Crippen LogP contribution in [0.5, 0.6) is 0 Å². The van der Waals surface area contributed by atoms with Gasteiger partial charge in [0.2, 0.25) is 0 Å². The van der Waals surface area contributed by atoms with Gasteiger partial charge < -0.3 is 5.11 Å². The number of aliphatic hydroxyl groups is 1. The van der Waals surface area contributed by atoms with Crippen LogP contribution in [-0.4, -0.2) is 29.7 Å². The molecule has 0 aliphatic carbocycles. The van der Waals surface area contributed by atoms with Crippen LogP contribution in [0.1, 0.15) is 43.7 Å². The zero-order valence-electron chi connectivity index (χ0n) is 12.7. The molecule has 1 aromatic carbocycles. The van der Waals surface area contributed by atoms with Crippen molar-refractivity contribution in [2.45, 2.75) is 39.2 Å². The molecule has 114 valence electrons. The van der Waals surface area contributed by atoms with Crippen molar-refractivity contribution in [3.05, 3.63) is 35.1 Å². The highest BCUT2D eigenvalue weighted by atomic mass is 19.1. The number of halogens is 1. The third-order valence-electron chi connectivity index (χ3n) is 4.08. The van der Waals surface area contributed by atoms with E-state index in [0.717, 1.165) is 31.1 Å². The fourth-order valence-electron chi connectivity index (χ4n) is 2.87.